The summed E-state index contributed by atoms with van der Waals surface area (Å²) in [6.07, 6.45) is 1.02. The molecule has 1 rings (SSSR count). The first-order chi connectivity index (χ1) is 7.40. The Hall–Kier alpha value is -0.960. The summed E-state index contributed by atoms with van der Waals surface area (Å²) in [4.78, 5) is 0. The van der Waals surface area contributed by atoms with Gasteiger partial charge in [-0.05, 0) is 25.3 Å². The van der Waals surface area contributed by atoms with Crippen LogP contribution in [0.1, 0.15) is 27.2 Å². The SMILES string of the molecule is CC(C)CC(C)Nc1cc(Cl)c(F)cc1N. The predicted octanol–water partition coefficient (Wildman–Crippen LogP) is 3.91. The van der Waals surface area contributed by atoms with Gasteiger partial charge in [-0.2, -0.15) is 0 Å². The van der Waals surface area contributed by atoms with Gasteiger partial charge < -0.3 is 11.1 Å². The molecule has 2 nitrogen and oxygen atoms in total. The fourth-order valence-electron chi connectivity index (χ4n) is 1.72. The van der Waals surface area contributed by atoms with E-state index in [2.05, 4.69) is 26.1 Å². The smallest absolute Gasteiger partial charge is 0.143 e. The Morgan fingerprint density at radius 3 is 2.56 bits per heavy atom. The first-order valence-electron chi connectivity index (χ1n) is 5.41. The Labute approximate surface area is 101 Å². The number of nitrogens with two attached hydrogens (primary N) is 1. The van der Waals surface area contributed by atoms with Crippen LogP contribution in [0.3, 0.4) is 0 Å². The van der Waals surface area contributed by atoms with Crippen LogP contribution in [0.5, 0.6) is 0 Å². The Bertz CT molecular complexity index is 366. The Morgan fingerprint density at radius 2 is 2.00 bits per heavy atom. The number of hydrogen-bond acceptors (Lipinski definition) is 2. The fourth-order valence-corrected chi connectivity index (χ4v) is 1.88. The normalized spacial score (nSPS) is 12.9. The molecule has 0 saturated heterocycles. The van der Waals surface area contributed by atoms with Gasteiger partial charge in [0.2, 0.25) is 0 Å². The zero-order valence-corrected chi connectivity index (χ0v) is 10.6. The third kappa shape index (κ3) is 3.56. The molecule has 0 aliphatic carbocycles. The van der Waals surface area contributed by atoms with E-state index in [-0.39, 0.29) is 11.1 Å². The van der Waals surface area contributed by atoms with Crippen molar-refractivity contribution in [3.63, 3.8) is 0 Å². The van der Waals surface area contributed by atoms with Gasteiger partial charge in [0.25, 0.3) is 0 Å². The average molecular weight is 245 g/mol. The second-order valence-corrected chi connectivity index (χ2v) is 4.94. The lowest BCUT2D eigenvalue weighted by Gasteiger charge is -2.18. The van der Waals surface area contributed by atoms with Crippen LogP contribution in [0.4, 0.5) is 15.8 Å². The highest BCUT2D eigenvalue weighted by molar-refractivity contribution is 6.31. The molecule has 0 bridgehead atoms. The maximum atomic E-state index is 13.1. The molecule has 0 amide bonds. The topological polar surface area (TPSA) is 38.0 Å². The van der Waals surface area contributed by atoms with Crippen LogP contribution in [0.2, 0.25) is 5.02 Å². The van der Waals surface area contributed by atoms with E-state index in [4.69, 9.17) is 17.3 Å². The Balaban J connectivity index is 2.77. The minimum atomic E-state index is -0.485. The summed E-state index contributed by atoms with van der Waals surface area (Å²) in [5.74, 6) is 0.112. The van der Waals surface area contributed by atoms with Crippen molar-refractivity contribution >= 4 is 23.0 Å². The van der Waals surface area contributed by atoms with E-state index < -0.39 is 5.82 Å². The minimum Gasteiger partial charge on any atom is -0.397 e. The van der Waals surface area contributed by atoms with Crippen molar-refractivity contribution < 1.29 is 4.39 Å². The zero-order valence-electron chi connectivity index (χ0n) is 9.85. The summed E-state index contributed by atoms with van der Waals surface area (Å²) in [6, 6.07) is 3.05. The average Bonchev–Trinajstić information content (AvgIpc) is 2.12. The van der Waals surface area contributed by atoms with Gasteiger partial charge in [-0.1, -0.05) is 25.4 Å². The highest BCUT2D eigenvalue weighted by Crippen LogP contribution is 2.27. The molecule has 1 aromatic carbocycles. The van der Waals surface area contributed by atoms with Crippen molar-refractivity contribution in [2.45, 2.75) is 33.2 Å². The van der Waals surface area contributed by atoms with E-state index in [0.29, 0.717) is 17.3 Å². The number of halogens is 2. The molecule has 3 N–H and O–H groups in total. The van der Waals surface area contributed by atoms with Gasteiger partial charge in [-0.3, -0.25) is 0 Å². The molecule has 4 heteroatoms. The Morgan fingerprint density at radius 1 is 1.38 bits per heavy atom. The van der Waals surface area contributed by atoms with E-state index in [0.717, 1.165) is 6.42 Å². The predicted molar refractivity (Wildman–Crippen MR) is 68.4 cm³/mol. The third-order valence-corrected chi connectivity index (χ3v) is 2.61. The molecule has 0 fully saturated rings. The Kier molecular flexibility index (Phi) is 4.42. The van der Waals surface area contributed by atoms with Gasteiger partial charge in [-0.25, -0.2) is 4.39 Å². The van der Waals surface area contributed by atoms with Crippen LogP contribution in [-0.4, -0.2) is 6.04 Å². The van der Waals surface area contributed by atoms with E-state index >= 15 is 0 Å². The summed E-state index contributed by atoms with van der Waals surface area (Å²) in [5, 5.41) is 3.32. The van der Waals surface area contributed by atoms with E-state index in [9.17, 15) is 4.39 Å². The van der Waals surface area contributed by atoms with Crippen LogP contribution < -0.4 is 11.1 Å². The highest BCUT2D eigenvalue weighted by atomic mass is 35.5. The van der Waals surface area contributed by atoms with Gasteiger partial charge in [-0.15, -0.1) is 0 Å². The van der Waals surface area contributed by atoms with Crippen LogP contribution >= 0.6 is 11.6 Å². The van der Waals surface area contributed by atoms with E-state index in [1.807, 2.05) is 0 Å². The lowest BCUT2D eigenvalue weighted by atomic mass is 10.0. The highest BCUT2D eigenvalue weighted by Gasteiger charge is 2.10. The van der Waals surface area contributed by atoms with Crippen LogP contribution in [0, 0.1) is 11.7 Å². The summed E-state index contributed by atoms with van der Waals surface area (Å²) in [6.45, 7) is 6.37. The molecule has 1 aromatic rings. The number of nitrogen functional groups attached to an aromatic ring is 1. The van der Waals surface area contributed by atoms with Gasteiger partial charge in [0, 0.05) is 12.1 Å². The van der Waals surface area contributed by atoms with Gasteiger partial charge >= 0.3 is 0 Å². The molecule has 0 aliphatic rings. The number of anilines is 2. The molecular weight excluding hydrogens is 227 g/mol. The summed E-state index contributed by atoms with van der Waals surface area (Å²) < 4.78 is 13.1. The fraction of sp³-hybridized carbons (Fsp3) is 0.500. The van der Waals surface area contributed by atoms with Crippen molar-refractivity contribution in [1.82, 2.24) is 0 Å². The molecular formula is C12H18ClFN2. The van der Waals surface area contributed by atoms with Crippen molar-refractivity contribution in [2.75, 3.05) is 11.1 Å². The molecule has 16 heavy (non-hydrogen) atoms. The summed E-state index contributed by atoms with van der Waals surface area (Å²) in [7, 11) is 0. The molecule has 1 unspecified atom stereocenters. The van der Waals surface area contributed by atoms with E-state index in [1.165, 1.54) is 12.1 Å². The van der Waals surface area contributed by atoms with Crippen LogP contribution in [-0.2, 0) is 0 Å². The third-order valence-electron chi connectivity index (χ3n) is 2.32. The van der Waals surface area contributed by atoms with Crippen molar-refractivity contribution in [2.24, 2.45) is 5.92 Å². The minimum absolute atomic E-state index is 0.0912. The zero-order chi connectivity index (χ0) is 12.3. The lowest BCUT2D eigenvalue weighted by molar-refractivity contribution is 0.540. The molecule has 0 heterocycles. The number of nitrogens with one attached hydrogen (secondary N) is 1. The molecule has 0 radical (unpaired) electrons. The molecule has 0 spiro atoms. The number of benzene rings is 1. The first kappa shape index (κ1) is 13.1. The largest absolute Gasteiger partial charge is 0.397 e. The second-order valence-electron chi connectivity index (χ2n) is 4.53. The van der Waals surface area contributed by atoms with Gasteiger partial charge in [0.1, 0.15) is 5.82 Å². The standard InChI is InChI=1S/C12H18ClFN2/c1-7(2)4-8(3)16-12-5-9(13)10(14)6-11(12)15/h5-8,16H,4,15H2,1-3H3. The quantitative estimate of drug-likeness (QED) is 0.789. The maximum absolute atomic E-state index is 13.1. The van der Waals surface area contributed by atoms with Gasteiger partial charge in [0.05, 0.1) is 16.4 Å². The van der Waals surface area contributed by atoms with Crippen molar-refractivity contribution in [3.05, 3.63) is 23.0 Å². The summed E-state index contributed by atoms with van der Waals surface area (Å²) >= 11 is 5.70. The van der Waals surface area contributed by atoms with Crippen LogP contribution in [0.15, 0.2) is 12.1 Å². The molecule has 0 aliphatic heterocycles. The first-order valence-corrected chi connectivity index (χ1v) is 5.79. The molecule has 0 saturated carbocycles. The molecule has 90 valence electrons. The van der Waals surface area contributed by atoms with E-state index in [1.54, 1.807) is 0 Å². The molecule has 0 aromatic heterocycles. The monoisotopic (exact) mass is 244 g/mol. The maximum Gasteiger partial charge on any atom is 0.143 e. The van der Waals surface area contributed by atoms with Gasteiger partial charge in [0.15, 0.2) is 0 Å². The number of rotatable bonds is 4. The molecule has 1 atom stereocenters. The lowest BCUT2D eigenvalue weighted by Crippen LogP contribution is -2.18. The summed E-state index contributed by atoms with van der Waals surface area (Å²) in [5.41, 5.74) is 6.79. The number of hydrogen-bond donors (Lipinski definition) is 2. The second kappa shape index (κ2) is 5.39. The van der Waals surface area contributed by atoms with Crippen LogP contribution in [0.25, 0.3) is 0 Å². The van der Waals surface area contributed by atoms with Crippen molar-refractivity contribution in [1.29, 1.82) is 0 Å². The van der Waals surface area contributed by atoms with Crippen molar-refractivity contribution in [3.8, 4) is 0 Å².